The van der Waals surface area contributed by atoms with Crippen molar-refractivity contribution in [1.29, 1.82) is 0 Å². The fourth-order valence-electron chi connectivity index (χ4n) is 4.90. The molecule has 0 aliphatic carbocycles. The number of amides is 1. The van der Waals surface area contributed by atoms with Crippen molar-refractivity contribution < 1.29 is 27.8 Å². The van der Waals surface area contributed by atoms with Gasteiger partial charge in [-0.25, -0.2) is 8.42 Å². The highest BCUT2D eigenvalue weighted by molar-refractivity contribution is 7.89. The van der Waals surface area contributed by atoms with E-state index in [1.54, 1.807) is 36.1 Å². The molecule has 3 atom stereocenters. The van der Waals surface area contributed by atoms with E-state index in [-0.39, 0.29) is 48.8 Å². The fourth-order valence-corrected chi connectivity index (χ4v) is 6.24. The summed E-state index contributed by atoms with van der Waals surface area (Å²) in [6.07, 6.45) is -0.546. The van der Waals surface area contributed by atoms with Crippen LogP contribution < -0.4 is 4.74 Å². The van der Waals surface area contributed by atoms with Gasteiger partial charge < -0.3 is 19.5 Å². The number of aliphatic hydroxyl groups is 1. The van der Waals surface area contributed by atoms with Crippen molar-refractivity contribution >= 4 is 15.9 Å². The maximum absolute atomic E-state index is 13.9. The molecule has 208 valence electrons. The quantitative estimate of drug-likeness (QED) is 0.475. The number of sulfonamides is 1. The van der Waals surface area contributed by atoms with Crippen LogP contribution in [-0.4, -0.2) is 74.6 Å². The zero-order chi connectivity index (χ0) is 28.2. The summed E-state index contributed by atoms with van der Waals surface area (Å²) in [6, 6.07) is 21.3. The molecule has 1 aliphatic heterocycles. The summed E-state index contributed by atoms with van der Waals surface area (Å²) < 4.78 is 40.1. The second-order valence-corrected chi connectivity index (χ2v) is 12.0. The van der Waals surface area contributed by atoms with Crippen LogP contribution in [0.25, 0.3) is 11.1 Å². The van der Waals surface area contributed by atoms with E-state index in [1.165, 1.54) is 24.5 Å². The van der Waals surface area contributed by atoms with Gasteiger partial charge in [0.1, 0.15) is 10.6 Å². The maximum atomic E-state index is 13.9. The summed E-state index contributed by atoms with van der Waals surface area (Å²) in [5, 5.41) is 10.0. The first kappa shape index (κ1) is 28.8. The summed E-state index contributed by atoms with van der Waals surface area (Å²) in [5.74, 6) is -0.180. The number of methoxy groups -OCH3 is 1. The highest BCUT2D eigenvalue weighted by Crippen LogP contribution is 2.32. The summed E-state index contributed by atoms with van der Waals surface area (Å²) in [7, 11) is -0.933. The van der Waals surface area contributed by atoms with Crippen LogP contribution in [0, 0.1) is 5.92 Å². The second-order valence-electron chi connectivity index (χ2n) is 9.95. The van der Waals surface area contributed by atoms with Crippen LogP contribution in [0.2, 0.25) is 0 Å². The predicted octanol–water partition coefficient (Wildman–Crippen LogP) is 4.04. The minimum atomic E-state index is -3.89. The Hall–Kier alpha value is -3.24. The van der Waals surface area contributed by atoms with Crippen LogP contribution in [0.5, 0.6) is 5.75 Å². The third kappa shape index (κ3) is 6.01. The number of hydrogen-bond acceptors (Lipinski definition) is 6. The highest BCUT2D eigenvalue weighted by Gasteiger charge is 2.33. The summed E-state index contributed by atoms with van der Waals surface area (Å²) >= 11 is 0. The zero-order valence-electron chi connectivity index (χ0n) is 22.8. The minimum Gasteiger partial charge on any atom is -0.495 e. The Kier molecular flexibility index (Phi) is 9.07. The minimum absolute atomic E-state index is 0.0617. The van der Waals surface area contributed by atoms with E-state index in [0.29, 0.717) is 5.56 Å². The molecule has 1 aliphatic rings. The van der Waals surface area contributed by atoms with E-state index in [9.17, 15) is 18.3 Å². The average molecular weight is 553 g/mol. The molecule has 39 heavy (non-hydrogen) atoms. The molecule has 0 radical (unpaired) electrons. The Labute approximate surface area is 230 Å². The number of fused-ring (bicyclic) bond motifs is 3. The largest absolute Gasteiger partial charge is 0.495 e. The number of ether oxygens (including phenoxy) is 2. The van der Waals surface area contributed by atoms with E-state index in [0.717, 1.165) is 16.7 Å². The van der Waals surface area contributed by atoms with Crippen molar-refractivity contribution in [3.05, 3.63) is 83.9 Å². The lowest BCUT2D eigenvalue weighted by atomic mass is 9.94. The van der Waals surface area contributed by atoms with Crippen LogP contribution in [-0.2, 0) is 21.4 Å². The third-order valence-corrected chi connectivity index (χ3v) is 9.15. The van der Waals surface area contributed by atoms with Crippen LogP contribution in [0.1, 0.15) is 29.8 Å². The van der Waals surface area contributed by atoms with Crippen LogP contribution in [0.3, 0.4) is 0 Å². The average Bonchev–Trinajstić information content (AvgIpc) is 2.98. The number of hydrogen-bond donors (Lipinski definition) is 1. The van der Waals surface area contributed by atoms with Crippen molar-refractivity contribution in [2.24, 2.45) is 5.92 Å². The van der Waals surface area contributed by atoms with Crippen molar-refractivity contribution in [2.75, 3.05) is 33.9 Å². The molecule has 0 aromatic heterocycles. The number of carbonyl (C=O) groups excluding carboxylic acids is 1. The van der Waals surface area contributed by atoms with E-state index in [4.69, 9.17) is 9.47 Å². The smallest absolute Gasteiger partial charge is 0.254 e. The molecular weight excluding hydrogens is 516 g/mol. The fraction of sp³-hybridized carbons (Fsp3) is 0.367. The van der Waals surface area contributed by atoms with Gasteiger partial charge in [-0.1, -0.05) is 61.5 Å². The van der Waals surface area contributed by atoms with Crippen molar-refractivity contribution in [1.82, 2.24) is 9.21 Å². The molecule has 3 aromatic carbocycles. The van der Waals surface area contributed by atoms with Gasteiger partial charge in [0.2, 0.25) is 10.0 Å². The number of likely N-dealkylation sites (N-methyl/N-ethyl adjacent to an activating group) is 1. The van der Waals surface area contributed by atoms with Crippen LogP contribution in [0.4, 0.5) is 0 Å². The van der Waals surface area contributed by atoms with Crippen molar-refractivity contribution in [2.45, 2.75) is 37.5 Å². The molecule has 0 bridgehead atoms. The third-order valence-electron chi connectivity index (χ3n) is 7.29. The van der Waals surface area contributed by atoms with E-state index in [2.05, 4.69) is 0 Å². The molecular formula is C30H36N2O6S. The molecule has 3 aromatic rings. The lowest BCUT2D eigenvalue weighted by Gasteiger charge is -2.35. The van der Waals surface area contributed by atoms with E-state index in [1.807, 2.05) is 49.4 Å². The van der Waals surface area contributed by atoms with Gasteiger partial charge in [0.05, 0.1) is 32.5 Å². The summed E-state index contributed by atoms with van der Waals surface area (Å²) in [6.45, 7) is 4.12. The molecule has 0 saturated heterocycles. The van der Waals surface area contributed by atoms with Crippen molar-refractivity contribution in [3.8, 4) is 16.9 Å². The van der Waals surface area contributed by atoms with Gasteiger partial charge in [-0.2, -0.15) is 4.31 Å². The van der Waals surface area contributed by atoms with Gasteiger partial charge >= 0.3 is 0 Å². The van der Waals surface area contributed by atoms with Gasteiger partial charge in [0, 0.05) is 31.6 Å². The Balaban J connectivity index is 1.74. The topological polar surface area (TPSA) is 96.4 Å². The monoisotopic (exact) mass is 552 g/mol. The molecule has 0 spiro atoms. The Morgan fingerprint density at radius 1 is 1.03 bits per heavy atom. The molecule has 0 unspecified atom stereocenters. The van der Waals surface area contributed by atoms with Gasteiger partial charge in [0.25, 0.3) is 5.91 Å². The second kappa shape index (κ2) is 12.3. The molecule has 1 amide bonds. The summed E-state index contributed by atoms with van der Waals surface area (Å²) in [4.78, 5) is 15.7. The van der Waals surface area contributed by atoms with Gasteiger partial charge in [-0.3, -0.25) is 4.79 Å². The van der Waals surface area contributed by atoms with Gasteiger partial charge in [-0.05, 0) is 41.8 Å². The Bertz CT molecular complexity index is 1410. The standard InChI is InChI=1S/C30H36N2O6S/c1-21-17-32(22(2)19-33)30(34)26-14-8-7-13-25(26)24-12-6-5-11-23(24)20-38-28(21)18-31(3)39(35,36)29-16-10-9-15-27(29)37-4/h5-16,21-22,28,33H,17-20H2,1-4H3/t21-,22+,28+/m1/s1. The van der Waals surface area contributed by atoms with Gasteiger partial charge in [-0.15, -0.1) is 0 Å². The van der Waals surface area contributed by atoms with E-state index < -0.39 is 22.2 Å². The molecule has 1 N–H and O–H groups in total. The van der Waals surface area contributed by atoms with Crippen LogP contribution >= 0.6 is 0 Å². The van der Waals surface area contributed by atoms with E-state index >= 15 is 0 Å². The Morgan fingerprint density at radius 3 is 2.33 bits per heavy atom. The zero-order valence-corrected chi connectivity index (χ0v) is 23.6. The molecule has 0 fully saturated rings. The number of rotatable bonds is 7. The number of aliphatic hydroxyl groups excluding tert-OH is 1. The highest BCUT2D eigenvalue weighted by atomic mass is 32.2. The lowest BCUT2D eigenvalue weighted by molar-refractivity contribution is -0.0146. The SMILES string of the molecule is COc1ccccc1S(=O)(=O)N(C)C[C@@H]1OCc2ccccc2-c2ccccc2C(=O)N([C@@H](C)CO)C[C@H]1C. The first-order chi connectivity index (χ1) is 18.7. The number of para-hydroxylation sites is 1. The predicted molar refractivity (Wildman–Crippen MR) is 150 cm³/mol. The number of carbonyl (C=O) groups is 1. The lowest BCUT2D eigenvalue weighted by Crippen LogP contribution is -2.47. The first-order valence-corrected chi connectivity index (χ1v) is 14.4. The number of benzene rings is 3. The Morgan fingerprint density at radius 2 is 1.64 bits per heavy atom. The molecule has 9 heteroatoms. The molecule has 1 heterocycles. The molecule has 0 saturated carbocycles. The van der Waals surface area contributed by atoms with Gasteiger partial charge in [0.15, 0.2) is 0 Å². The molecule has 8 nitrogen and oxygen atoms in total. The van der Waals surface area contributed by atoms with Crippen LogP contribution in [0.15, 0.2) is 77.7 Å². The maximum Gasteiger partial charge on any atom is 0.254 e. The van der Waals surface area contributed by atoms with Crippen molar-refractivity contribution in [3.63, 3.8) is 0 Å². The first-order valence-electron chi connectivity index (χ1n) is 13.0. The normalized spacial score (nSPS) is 19.1. The summed E-state index contributed by atoms with van der Waals surface area (Å²) in [5.41, 5.74) is 3.11. The molecule has 4 rings (SSSR count). The number of nitrogens with zero attached hydrogens (tertiary/aromatic N) is 2.